The van der Waals surface area contributed by atoms with Gasteiger partial charge in [-0.25, -0.2) is 8.42 Å². The third-order valence-corrected chi connectivity index (χ3v) is 9.69. The van der Waals surface area contributed by atoms with Gasteiger partial charge in [0.15, 0.2) is 11.5 Å². The summed E-state index contributed by atoms with van der Waals surface area (Å²) in [6.45, 7) is 0.340. The van der Waals surface area contributed by atoms with Crippen LogP contribution in [-0.2, 0) is 32.6 Å². The first-order chi connectivity index (χ1) is 21.7. The SMILES string of the molecule is CS(=O)(=O)N(CCCC(=O)N(Cc1cccc(Cl)c1)[C@H](Cc1ccccc1)C(=O)NC1CCCCC1)c1ccc2c(c1)OCO2. The van der Waals surface area contributed by atoms with Gasteiger partial charge in [0.25, 0.3) is 0 Å². The highest BCUT2D eigenvalue weighted by atomic mass is 35.5. The molecule has 45 heavy (non-hydrogen) atoms. The molecule has 1 atom stereocenters. The lowest BCUT2D eigenvalue weighted by molar-refractivity contribution is -0.141. The Kier molecular flexibility index (Phi) is 10.9. The van der Waals surface area contributed by atoms with Gasteiger partial charge in [-0.2, -0.15) is 0 Å². The zero-order valence-electron chi connectivity index (χ0n) is 25.5. The fourth-order valence-corrected chi connectivity index (χ4v) is 7.14. The van der Waals surface area contributed by atoms with E-state index < -0.39 is 16.1 Å². The molecule has 3 aromatic carbocycles. The minimum atomic E-state index is -3.66. The summed E-state index contributed by atoms with van der Waals surface area (Å²) < 4.78 is 37.7. The minimum absolute atomic E-state index is 0.0408. The van der Waals surface area contributed by atoms with E-state index in [4.69, 9.17) is 21.1 Å². The standard InChI is InChI=1S/C34H40ClN3O6S/c1-45(41,42)38(29-17-18-31-32(22-29)44-24-43-31)19-9-16-33(39)37(23-26-12-8-13-27(35)20-26)30(21-25-10-4-2-5-11-25)34(40)36-28-14-6-3-7-15-28/h2,4-5,8,10-13,17-18,20,22,28,30H,3,6-7,9,14-16,19,21,23-24H2,1H3,(H,36,40)/t30-/m1/s1. The molecule has 1 N–H and O–H groups in total. The smallest absolute Gasteiger partial charge is 0.243 e. The minimum Gasteiger partial charge on any atom is -0.454 e. The van der Waals surface area contributed by atoms with Crippen LogP contribution in [0.3, 0.4) is 0 Å². The van der Waals surface area contributed by atoms with Crippen molar-refractivity contribution in [2.75, 3.05) is 23.9 Å². The zero-order chi connectivity index (χ0) is 31.8. The maximum absolute atomic E-state index is 14.1. The summed E-state index contributed by atoms with van der Waals surface area (Å²) in [6, 6.07) is 21.2. The van der Waals surface area contributed by atoms with E-state index in [1.165, 1.54) is 4.31 Å². The van der Waals surface area contributed by atoms with E-state index in [2.05, 4.69) is 5.32 Å². The number of hydrogen-bond donors (Lipinski definition) is 1. The van der Waals surface area contributed by atoms with Crippen LogP contribution in [0.15, 0.2) is 72.8 Å². The molecule has 240 valence electrons. The van der Waals surface area contributed by atoms with Crippen molar-refractivity contribution in [3.63, 3.8) is 0 Å². The van der Waals surface area contributed by atoms with Gasteiger partial charge in [0.05, 0.1) is 11.9 Å². The molecule has 3 aromatic rings. The van der Waals surface area contributed by atoms with E-state index in [1.807, 2.05) is 42.5 Å². The van der Waals surface area contributed by atoms with Crippen LogP contribution in [0.1, 0.15) is 56.1 Å². The van der Waals surface area contributed by atoms with Gasteiger partial charge < -0.3 is 19.7 Å². The second-order valence-electron chi connectivity index (χ2n) is 11.7. The second kappa shape index (κ2) is 15.0. The summed E-state index contributed by atoms with van der Waals surface area (Å²) in [5.74, 6) is 0.598. The summed E-state index contributed by atoms with van der Waals surface area (Å²) in [5, 5.41) is 3.78. The highest BCUT2D eigenvalue weighted by Crippen LogP contribution is 2.36. The average Bonchev–Trinajstić information content (AvgIpc) is 3.49. The first kappa shape index (κ1) is 32.6. The molecule has 0 unspecified atom stereocenters. The summed E-state index contributed by atoms with van der Waals surface area (Å²) >= 11 is 6.30. The molecule has 1 aliphatic heterocycles. The number of rotatable bonds is 13. The monoisotopic (exact) mass is 653 g/mol. The van der Waals surface area contributed by atoms with Gasteiger partial charge in [-0.15, -0.1) is 0 Å². The Morgan fingerprint density at radius 2 is 1.67 bits per heavy atom. The van der Waals surface area contributed by atoms with E-state index in [0.717, 1.165) is 49.5 Å². The van der Waals surface area contributed by atoms with Gasteiger partial charge >= 0.3 is 0 Å². The number of carbonyl (C=O) groups excluding carboxylic acids is 2. The third-order valence-electron chi connectivity index (χ3n) is 8.26. The molecule has 0 radical (unpaired) electrons. The highest BCUT2D eigenvalue weighted by Gasteiger charge is 2.32. The topological polar surface area (TPSA) is 105 Å². The van der Waals surface area contributed by atoms with Crippen molar-refractivity contribution < 1.29 is 27.5 Å². The van der Waals surface area contributed by atoms with Crippen LogP contribution < -0.4 is 19.1 Å². The number of halogens is 1. The zero-order valence-corrected chi connectivity index (χ0v) is 27.1. The molecule has 1 fully saturated rings. The van der Waals surface area contributed by atoms with E-state index >= 15 is 0 Å². The molecule has 0 saturated heterocycles. The summed E-state index contributed by atoms with van der Waals surface area (Å²) in [5.41, 5.74) is 2.17. The Hall–Kier alpha value is -3.76. The number of hydrogen-bond acceptors (Lipinski definition) is 6. The van der Waals surface area contributed by atoms with Gasteiger partial charge in [-0.1, -0.05) is 73.3 Å². The first-order valence-corrected chi connectivity index (χ1v) is 17.7. The number of anilines is 1. The molecule has 0 aromatic heterocycles. The predicted octanol–water partition coefficient (Wildman–Crippen LogP) is 5.70. The van der Waals surface area contributed by atoms with Gasteiger partial charge in [-0.05, 0) is 54.7 Å². The highest BCUT2D eigenvalue weighted by molar-refractivity contribution is 7.92. The summed E-state index contributed by atoms with van der Waals surface area (Å²) in [4.78, 5) is 29.7. The van der Waals surface area contributed by atoms with Crippen LogP contribution in [0, 0.1) is 0 Å². The molecule has 1 saturated carbocycles. The molecule has 9 nitrogen and oxygen atoms in total. The van der Waals surface area contributed by atoms with E-state index in [1.54, 1.807) is 35.2 Å². The Bertz CT molecular complexity index is 1580. The van der Waals surface area contributed by atoms with Crippen LogP contribution in [0.4, 0.5) is 5.69 Å². The normalized spacial score (nSPS) is 15.3. The van der Waals surface area contributed by atoms with Gasteiger partial charge in [0.1, 0.15) is 6.04 Å². The van der Waals surface area contributed by atoms with Gasteiger partial charge in [0, 0.05) is 43.1 Å². The second-order valence-corrected chi connectivity index (χ2v) is 14.0. The first-order valence-electron chi connectivity index (χ1n) is 15.4. The van der Waals surface area contributed by atoms with Crippen LogP contribution in [0.5, 0.6) is 11.5 Å². The molecule has 11 heteroatoms. The summed E-state index contributed by atoms with van der Waals surface area (Å²) in [6.07, 6.45) is 6.91. The van der Waals surface area contributed by atoms with Crippen molar-refractivity contribution >= 4 is 39.1 Å². The Labute approximate surface area is 270 Å². The van der Waals surface area contributed by atoms with E-state index in [-0.39, 0.29) is 50.6 Å². The molecule has 5 rings (SSSR count). The number of sulfonamides is 1. The quantitative estimate of drug-likeness (QED) is 0.254. The molecule has 1 aliphatic carbocycles. The number of ether oxygens (including phenoxy) is 2. The largest absolute Gasteiger partial charge is 0.454 e. The fraction of sp³-hybridized carbons (Fsp3) is 0.412. The molecular formula is C34H40ClN3O6S. The number of nitrogens with zero attached hydrogens (tertiary/aromatic N) is 2. The fourth-order valence-electron chi connectivity index (χ4n) is 5.97. The Morgan fingerprint density at radius 3 is 2.40 bits per heavy atom. The lowest BCUT2D eigenvalue weighted by Gasteiger charge is -2.34. The van der Waals surface area contributed by atoms with Crippen molar-refractivity contribution in [3.8, 4) is 11.5 Å². The molecule has 0 bridgehead atoms. The average molecular weight is 654 g/mol. The van der Waals surface area contributed by atoms with Crippen LogP contribution in [0.25, 0.3) is 0 Å². The molecular weight excluding hydrogens is 614 g/mol. The van der Waals surface area contributed by atoms with Crippen LogP contribution >= 0.6 is 11.6 Å². The van der Waals surface area contributed by atoms with Crippen molar-refractivity contribution in [2.24, 2.45) is 0 Å². The number of nitrogens with one attached hydrogen (secondary N) is 1. The number of amides is 2. The van der Waals surface area contributed by atoms with Crippen molar-refractivity contribution in [3.05, 3.63) is 88.9 Å². The van der Waals surface area contributed by atoms with Crippen molar-refractivity contribution in [1.29, 1.82) is 0 Å². The number of benzene rings is 3. The maximum atomic E-state index is 14.1. The molecule has 1 heterocycles. The van der Waals surface area contributed by atoms with Gasteiger partial charge in [-0.3, -0.25) is 13.9 Å². The Morgan fingerprint density at radius 1 is 0.933 bits per heavy atom. The van der Waals surface area contributed by atoms with Gasteiger partial charge in [0.2, 0.25) is 28.6 Å². The lowest BCUT2D eigenvalue weighted by atomic mass is 9.94. The molecule has 2 aliphatic rings. The molecule has 2 amide bonds. The van der Waals surface area contributed by atoms with Crippen LogP contribution in [-0.4, -0.2) is 56.8 Å². The van der Waals surface area contributed by atoms with Crippen molar-refractivity contribution in [1.82, 2.24) is 10.2 Å². The lowest BCUT2D eigenvalue weighted by Crippen LogP contribution is -2.52. The number of carbonyl (C=O) groups is 2. The van der Waals surface area contributed by atoms with E-state index in [9.17, 15) is 18.0 Å². The van der Waals surface area contributed by atoms with E-state index in [0.29, 0.717) is 28.6 Å². The van der Waals surface area contributed by atoms with Crippen molar-refractivity contribution in [2.45, 2.75) is 70.0 Å². The van der Waals surface area contributed by atoms with Crippen LogP contribution in [0.2, 0.25) is 5.02 Å². The maximum Gasteiger partial charge on any atom is 0.243 e. The Balaban J connectivity index is 1.38. The predicted molar refractivity (Wildman–Crippen MR) is 175 cm³/mol. The molecule has 0 spiro atoms. The summed E-state index contributed by atoms with van der Waals surface area (Å²) in [7, 11) is -3.66. The third kappa shape index (κ3) is 8.92. The number of fused-ring (bicyclic) bond motifs is 1.